The molecule has 2 N–H and O–H groups in total. The fourth-order valence-electron chi connectivity index (χ4n) is 2.17. The van der Waals surface area contributed by atoms with E-state index in [1.54, 1.807) is 37.5 Å². The topological polar surface area (TPSA) is 94.5 Å². The first kappa shape index (κ1) is 17.2. The molecule has 1 aliphatic rings. The van der Waals surface area contributed by atoms with Gasteiger partial charge in [-0.25, -0.2) is 9.78 Å². The molecule has 1 atom stereocenters. The van der Waals surface area contributed by atoms with Gasteiger partial charge in [-0.2, -0.15) is 0 Å². The number of ether oxygens (including phenoxy) is 2. The maximum Gasteiger partial charge on any atom is 0.325 e. The molecular weight excluding hydrogens is 344 g/mol. The van der Waals surface area contributed by atoms with Gasteiger partial charge in [-0.15, -0.1) is 0 Å². The average molecular weight is 362 g/mol. The summed E-state index contributed by atoms with van der Waals surface area (Å²) in [6.07, 6.45) is 3.45. The average Bonchev–Trinajstić information content (AvgIpc) is 2.99. The lowest BCUT2D eigenvalue weighted by Gasteiger charge is -2.19. The number of aromatic nitrogens is 2. The van der Waals surface area contributed by atoms with Crippen LogP contribution in [0.2, 0.25) is 0 Å². The monoisotopic (exact) mass is 362 g/mol. The van der Waals surface area contributed by atoms with E-state index in [-0.39, 0.29) is 0 Å². The van der Waals surface area contributed by atoms with Gasteiger partial charge in [0, 0.05) is 31.2 Å². The Bertz CT molecular complexity index is 792. The van der Waals surface area contributed by atoms with E-state index in [1.165, 1.54) is 11.8 Å². The van der Waals surface area contributed by atoms with E-state index < -0.39 is 17.2 Å². The predicted molar refractivity (Wildman–Crippen MR) is 93.1 cm³/mol. The van der Waals surface area contributed by atoms with Gasteiger partial charge in [-0.3, -0.25) is 10.1 Å². The molecule has 3 rings (SSSR count). The molecule has 1 aromatic carbocycles. The van der Waals surface area contributed by atoms with Gasteiger partial charge in [0.25, 0.3) is 0 Å². The van der Waals surface area contributed by atoms with E-state index in [4.69, 9.17) is 9.47 Å². The summed E-state index contributed by atoms with van der Waals surface area (Å²) in [5, 5.41) is 5.17. The summed E-state index contributed by atoms with van der Waals surface area (Å²) >= 11 is 1.28. The Morgan fingerprint density at radius 2 is 2.04 bits per heavy atom. The molecule has 1 aliphatic heterocycles. The number of hydrogen-bond donors (Lipinski definition) is 2. The lowest BCUT2D eigenvalue weighted by molar-refractivity contribution is -0.119. The van der Waals surface area contributed by atoms with Crippen molar-refractivity contribution in [3.05, 3.63) is 30.6 Å². The molecule has 0 aliphatic carbocycles. The highest BCUT2D eigenvalue weighted by atomic mass is 32.2. The van der Waals surface area contributed by atoms with Crippen molar-refractivity contribution >= 4 is 29.4 Å². The molecule has 1 aromatic heterocycles. The number of nitrogens with zero attached hydrogens (tertiary/aromatic N) is 2. The highest BCUT2D eigenvalue weighted by Crippen LogP contribution is 2.32. The molecule has 9 heteroatoms. The van der Waals surface area contributed by atoms with Crippen molar-refractivity contribution in [1.29, 1.82) is 0 Å². The second kappa shape index (κ2) is 7.47. The normalized spacial score (nSPS) is 13.8. The maximum atomic E-state index is 12.1. The molecule has 132 valence electrons. The third-order valence-corrected chi connectivity index (χ3v) is 4.64. The SMILES string of the molecule is C[C@H](Sc1nccn1C)C(=O)NC(=O)Nc1ccc2c(c1)OCCO2. The number of carbonyl (C=O) groups excluding carboxylic acids is 2. The standard InChI is InChI=1S/C16H18N4O4S/c1-10(25-16-17-5-6-20(16)2)14(21)19-15(22)18-11-3-4-12-13(9-11)24-8-7-23-12/h3-6,9-10H,7-8H2,1-2H3,(H2,18,19,21,22)/t10-/m0/s1. The zero-order valence-corrected chi connectivity index (χ0v) is 14.6. The molecule has 0 radical (unpaired) electrons. The van der Waals surface area contributed by atoms with Crippen LogP contribution in [0.5, 0.6) is 11.5 Å². The molecule has 25 heavy (non-hydrogen) atoms. The van der Waals surface area contributed by atoms with E-state index in [9.17, 15) is 9.59 Å². The van der Waals surface area contributed by atoms with Gasteiger partial charge in [0.1, 0.15) is 13.2 Å². The van der Waals surface area contributed by atoms with Crippen LogP contribution < -0.4 is 20.1 Å². The minimum atomic E-state index is -0.603. The third-order valence-electron chi connectivity index (χ3n) is 3.47. The Hall–Kier alpha value is -2.68. The number of rotatable bonds is 4. The first-order valence-corrected chi connectivity index (χ1v) is 8.56. The minimum absolute atomic E-state index is 0.400. The second-order valence-electron chi connectivity index (χ2n) is 5.38. The molecule has 0 unspecified atom stereocenters. The summed E-state index contributed by atoms with van der Waals surface area (Å²) in [7, 11) is 1.84. The van der Waals surface area contributed by atoms with Gasteiger partial charge in [0.2, 0.25) is 5.91 Å². The zero-order chi connectivity index (χ0) is 17.8. The summed E-state index contributed by atoms with van der Waals surface area (Å²) in [6.45, 7) is 2.68. The predicted octanol–water partition coefficient (Wildman–Crippen LogP) is 2.02. The van der Waals surface area contributed by atoms with E-state index in [2.05, 4.69) is 15.6 Å². The zero-order valence-electron chi connectivity index (χ0n) is 13.8. The molecule has 3 amide bonds. The van der Waals surface area contributed by atoms with E-state index >= 15 is 0 Å². The Morgan fingerprint density at radius 1 is 1.28 bits per heavy atom. The van der Waals surface area contributed by atoms with Gasteiger partial charge < -0.3 is 19.4 Å². The number of amides is 3. The van der Waals surface area contributed by atoms with Crippen LogP contribution in [-0.4, -0.2) is 40.0 Å². The van der Waals surface area contributed by atoms with Crippen LogP contribution >= 0.6 is 11.8 Å². The molecule has 0 bridgehead atoms. The minimum Gasteiger partial charge on any atom is -0.486 e. The first-order valence-electron chi connectivity index (χ1n) is 7.68. The quantitative estimate of drug-likeness (QED) is 0.808. The molecule has 8 nitrogen and oxygen atoms in total. The number of fused-ring (bicyclic) bond motifs is 1. The molecule has 2 aromatic rings. The molecule has 0 spiro atoms. The highest BCUT2D eigenvalue weighted by Gasteiger charge is 2.19. The number of imidazole rings is 1. The van der Waals surface area contributed by atoms with E-state index in [0.717, 1.165) is 0 Å². The number of nitrogens with one attached hydrogen (secondary N) is 2. The molecule has 0 saturated carbocycles. The van der Waals surface area contributed by atoms with Gasteiger partial charge in [-0.05, 0) is 19.1 Å². The van der Waals surface area contributed by atoms with Gasteiger partial charge in [0.15, 0.2) is 16.7 Å². The Morgan fingerprint density at radius 3 is 2.76 bits per heavy atom. The van der Waals surface area contributed by atoms with Crippen LogP contribution in [0.4, 0.5) is 10.5 Å². The first-order chi connectivity index (χ1) is 12.0. The number of hydrogen-bond acceptors (Lipinski definition) is 6. The third kappa shape index (κ3) is 4.24. The summed E-state index contributed by atoms with van der Waals surface area (Å²) in [6, 6.07) is 4.45. The molecule has 0 saturated heterocycles. The Labute approximate surface area is 148 Å². The summed E-state index contributed by atoms with van der Waals surface area (Å²) < 4.78 is 12.7. The van der Waals surface area contributed by atoms with Crippen molar-refractivity contribution in [2.24, 2.45) is 7.05 Å². The summed E-state index contributed by atoms with van der Waals surface area (Å²) in [5.41, 5.74) is 0.513. The number of aryl methyl sites for hydroxylation is 1. The molecular formula is C16H18N4O4S. The largest absolute Gasteiger partial charge is 0.486 e. The number of benzene rings is 1. The van der Waals surface area contributed by atoms with Crippen molar-refractivity contribution in [1.82, 2.24) is 14.9 Å². The number of anilines is 1. The lowest BCUT2D eigenvalue weighted by Crippen LogP contribution is -2.39. The number of thioether (sulfide) groups is 1. The second-order valence-corrected chi connectivity index (χ2v) is 6.69. The lowest BCUT2D eigenvalue weighted by atomic mass is 10.2. The van der Waals surface area contributed by atoms with Gasteiger partial charge in [0.05, 0.1) is 5.25 Å². The van der Waals surface area contributed by atoms with E-state index in [1.807, 2.05) is 11.6 Å². The van der Waals surface area contributed by atoms with Crippen molar-refractivity contribution < 1.29 is 19.1 Å². The van der Waals surface area contributed by atoms with Crippen LogP contribution in [-0.2, 0) is 11.8 Å². The smallest absolute Gasteiger partial charge is 0.325 e. The van der Waals surface area contributed by atoms with Crippen LogP contribution in [0.3, 0.4) is 0 Å². The number of carbonyl (C=O) groups is 2. The molecule has 2 heterocycles. The summed E-state index contributed by atoms with van der Waals surface area (Å²) in [5.74, 6) is 0.797. The fraction of sp³-hybridized carbons (Fsp3) is 0.312. The van der Waals surface area contributed by atoms with Crippen molar-refractivity contribution in [3.63, 3.8) is 0 Å². The van der Waals surface area contributed by atoms with Crippen LogP contribution in [0, 0.1) is 0 Å². The van der Waals surface area contributed by atoms with Gasteiger partial charge in [-0.1, -0.05) is 11.8 Å². The van der Waals surface area contributed by atoms with Crippen molar-refractivity contribution in [3.8, 4) is 11.5 Å². The van der Waals surface area contributed by atoms with Crippen LogP contribution in [0.25, 0.3) is 0 Å². The van der Waals surface area contributed by atoms with E-state index in [0.29, 0.717) is 35.6 Å². The number of imide groups is 1. The highest BCUT2D eigenvalue weighted by molar-refractivity contribution is 8.00. The van der Waals surface area contributed by atoms with Crippen molar-refractivity contribution in [2.75, 3.05) is 18.5 Å². The maximum absolute atomic E-state index is 12.1. The Balaban J connectivity index is 1.55. The van der Waals surface area contributed by atoms with Crippen molar-refractivity contribution in [2.45, 2.75) is 17.3 Å². The fourth-order valence-corrected chi connectivity index (χ4v) is 3.01. The molecule has 0 fully saturated rings. The summed E-state index contributed by atoms with van der Waals surface area (Å²) in [4.78, 5) is 28.3. The van der Waals surface area contributed by atoms with Gasteiger partial charge >= 0.3 is 6.03 Å². The number of urea groups is 1. The van der Waals surface area contributed by atoms with Crippen LogP contribution in [0.1, 0.15) is 6.92 Å². The Kier molecular flexibility index (Phi) is 5.13. The van der Waals surface area contributed by atoms with Crippen LogP contribution in [0.15, 0.2) is 35.7 Å².